The normalized spacial score (nSPS) is 11.5. The van der Waals surface area contributed by atoms with Gasteiger partial charge in [0.1, 0.15) is 18.1 Å². The molecule has 0 spiro atoms. The van der Waals surface area contributed by atoms with Crippen LogP contribution in [0.1, 0.15) is 6.92 Å². The van der Waals surface area contributed by atoms with Gasteiger partial charge in [0.25, 0.3) is 0 Å². The van der Waals surface area contributed by atoms with E-state index in [0.29, 0.717) is 6.61 Å². The van der Waals surface area contributed by atoms with E-state index in [0.717, 1.165) is 11.5 Å². The van der Waals surface area contributed by atoms with E-state index in [1.165, 1.54) is 0 Å². The number of nitrogens with zero attached hydrogens (tertiary/aromatic N) is 1. The lowest BCUT2D eigenvalue weighted by Gasteiger charge is -2.08. The fourth-order valence-corrected chi connectivity index (χ4v) is 0.949. The molecule has 0 N–H and O–H groups in total. The maximum absolute atomic E-state index is 8.56. The topological polar surface area (TPSA) is 42.2 Å². The molecule has 0 saturated heterocycles. The summed E-state index contributed by atoms with van der Waals surface area (Å²) in [4.78, 5) is 0. The number of nitriles is 1. The SMILES string of the molecule is COc1cccc(OCC(C)C#N)c1. The van der Waals surface area contributed by atoms with Crippen LogP contribution < -0.4 is 9.47 Å². The Labute approximate surface area is 83.9 Å². The summed E-state index contributed by atoms with van der Waals surface area (Å²) in [7, 11) is 1.61. The Morgan fingerprint density at radius 2 is 2.14 bits per heavy atom. The van der Waals surface area contributed by atoms with Crippen LogP contribution in [-0.4, -0.2) is 13.7 Å². The Morgan fingerprint density at radius 3 is 2.79 bits per heavy atom. The van der Waals surface area contributed by atoms with E-state index in [2.05, 4.69) is 6.07 Å². The molecule has 0 fully saturated rings. The molecule has 1 aromatic carbocycles. The minimum Gasteiger partial charge on any atom is -0.497 e. The Morgan fingerprint density at radius 1 is 1.43 bits per heavy atom. The van der Waals surface area contributed by atoms with Gasteiger partial charge in [-0.25, -0.2) is 0 Å². The number of hydrogen-bond donors (Lipinski definition) is 0. The van der Waals surface area contributed by atoms with E-state index >= 15 is 0 Å². The molecule has 0 aliphatic carbocycles. The molecule has 0 bridgehead atoms. The van der Waals surface area contributed by atoms with Crippen LogP contribution in [0.5, 0.6) is 11.5 Å². The third kappa shape index (κ3) is 2.98. The van der Waals surface area contributed by atoms with Gasteiger partial charge in [-0.1, -0.05) is 6.07 Å². The van der Waals surface area contributed by atoms with Crippen LogP contribution in [0.4, 0.5) is 0 Å². The summed E-state index contributed by atoms with van der Waals surface area (Å²) in [5.41, 5.74) is 0. The number of rotatable bonds is 4. The van der Waals surface area contributed by atoms with Crippen molar-refractivity contribution in [2.45, 2.75) is 6.92 Å². The highest BCUT2D eigenvalue weighted by Crippen LogP contribution is 2.19. The quantitative estimate of drug-likeness (QED) is 0.732. The zero-order chi connectivity index (χ0) is 10.4. The predicted octanol–water partition coefficient (Wildman–Crippen LogP) is 2.23. The van der Waals surface area contributed by atoms with E-state index in [4.69, 9.17) is 14.7 Å². The van der Waals surface area contributed by atoms with Crippen LogP contribution >= 0.6 is 0 Å². The second-order valence-corrected chi connectivity index (χ2v) is 3.02. The Balaban J connectivity index is 2.55. The van der Waals surface area contributed by atoms with Crippen LogP contribution in [0.25, 0.3) is 0 Å². The molecule has 74 valence electrons. The van der Waals surface area contributed by atoms with E-state index < -0.39 is 0 Å². The van der Waals surface area contributed by atoms with Crippen molar-refractivity contribution in [3.63, 3.8) is 0 Å². The summed E-state index contributed by atoms with van der Waals surface area (Å²) in [6, 6.07) is 9.44. The smallest absolute Gasteiger partial charge is 0.123 e. The summed E-state index contributed by atoms with van der Waals surface area (Å²) in [6.07, 6.45) is 0. The molecule has 1 aromatic rings. The Bertz CT molecular complexity index is 330. The molecule has 1 atom stereocenters. The lowest BCUT2D eigenvalue weighted by Crippen LogP contribution is -2.05. The second-order valence-electron chi connectivity index (χ2n) is 3.02. The van der Waals surface area contributed by atoms with Crippen molar-refractivity contribution >= 4 is 0 Å². The fraction of sp³-hybridized carbons (Fsp3) is 0.364. The van der Waals surface area contributed by atoms with Crippen molar-refractivity contribution in [3.8, 4) is 17.6 Å². The van der Waals surface area contributed by atoms with Gasteiger partial charge in [-0.3, -0.25) is 0 Å². The molecular formula is C11H13NO2. The molecule has 1 rings (SSSR count). The first kappa shape index (κ1) is 10.4. The highest BCUT2D eigenvalue weighted by atomic mass is 16.5. The van der Waals surface area contributed by atoms with Gasteiger partial charge in [-0.05, 0) is 19.1 Å². The second kappa shape index (κ2) is 5.13. The average Bonchev–Trinajstić information content (AvgIpc) is 2.26. The summed E-state index contributed by atoms with van der Waals surface area (Å²) in [5, 5.41) is 8.56. The third-order valence-corrected chi connectivity index (χ3v) is 1.76. The van der Waals surface area contributed by atoms with Crippen LogP contribution in [0.15, 0.2) is 24.3 Å². The fourth-order valence-electron chi connectivity index (χ4n) is 0.949. The summed E-state index contributed by atoms with van der Waals surface area (Å²) in [6.45, 7) is 2.23. The number of hydrogen-bond acceptors (Lipinski definition) is 3. The zero-order valence-electron chi connectivity index (χ0n) is 8.36. The first-order chi connectivity index (χ1) is 6.76. The van der Waals surface area contributed by atoms with E-state index in [-0.39, 0.29) is 5.92 Å². The molecule has 14 heavy (non-hydrogen) atoms. The van der Waals surface area contributed by atoms with Gasteiger partial charge in [0.05, 0.1) is 19.1 Å². The van der Waals surface area contributed by atoms with Gasteiger partial charge in [0, 0.05) is 6.07 Å². The van der Waals surface area contributed by atoms with Crippen molar-refractivity contribution in [2.75, 3.05) is 13.7 Å². The van der Waals surface area contributed by atoms with Crippen molar-refractivity contribution < 1.29 is 9.47 Å². The van der Waals surface area contributed by atoms with E-state index in [9.17, 15) is 0 Å². The molecule has 0 saturated carbocycles. The number of ether oxygens (including phenoxy) is 2. The van der Waals surface area contributed by atoms with E-state index in [1.807, 2.05) is 25.1 Å². The van der Waals surface area contributed by atoms with Crippen molar-refractivity contribution in [1.29, 1.82) is 5.26 Å². The van der Waals surface area contributed by atoms with Crippen molar-refractivity contribution in [1.82, 2.24) is 0 Å². The van der Waals surface area contributed by atoms with Gasteiger partial charge in [0.15, 0.2) is 0 Å². The van der Waals surface area contributed by atoms with Gasteiger partial charge in [0.2, 0.25) is 0 Å². The Hall–Kier alpha value is -1.69. The summed E-state index contributed by atoms with van der Waals surface area (Å²) < 4.78 is 10.4. The van der Waals surface area contributed by atoms with E-state index in [1.54, 1.807) is 13.2 Å². The molecule has 0 radical (unpaired) electrons. The van der Waals surface area contributed by atoms with Gasteiger partial charge in [-0.2, -0.15) is 5.26 Å². The summed E-state index contributed by atoms with van der Waals surface area (Å²) >= 11 is 0. The van der Waals surface area contributed by atoms with Crippen molar-refractivity contribution in [3.05, 3.63) is 24.3 Å². The van der Waals surface area contributed by atoms with Crippen LogP contribution in [0.3, 0.4) is 0 Å². The Kier molecular flexibility index (Phi) is 3.81. The molecule has 0 aliphatic rings. The largest absolute Gasteiger partial charge is 0.497 e. The van der Waals surface area contributed by atoms with Crippen LogP contribution in [0, 0.1) is 17.2 Å². The molecular weight excluding hydrogens is 178 g/mol. The minimum absolute atomic E-state index is 0.0961. The lowest BCUT2D eigenvalue weighted by atomic mass is 10.2. The first-order valence-electron chi connectivity index (χ1n) is 4.42. The van der Waals surface area contributed by atoms with Crippen molar-refractivity contribution in [2.24, 2.45) is 5.92 Å². The standard InChI is InChI=1S/C11H13NO2/c1-9(7-12)8-14-11-5-3-4-10(6-11)13-2/h3-6,9H,8H2,1-2H3. The monoisotopic (exact) mass is 191 g/mol. The van der Waals surface area contributed by atoms with Gasteiger partial charge < -0.3 is 9.47 Å². The highest BCUT2D eigenvalue weighted by molar-refractivity contribution is 5.32. The molecule has 3 nitrogen and oxygen atoms in total. The molecule has 3 heteroatoms. The lowest BCUT2D eigenvalue weighted by molar-refractivity contribution is 0.286. The molecule has 0 aromatic heterocycles. The van der Waals surface area contributed by atoms with Crippen LogP contribution in [0.2, 0.25) is 0 Å². The maximum atomic E-state index is 8.56. The summed E-state index contributed by atoms with van der Waals surface area (Å²) in [5.74, 6) is 1.39. The number of benzene rings is 1. The minimum atomic E-state index is -0.0961. The molecule has 1 unspecified atom stereocenters. The van der Waals surface area contributed by atoms with Gasteiger partial charge >= 0.3 is 0 Å². The molecule has 0 amide bonds. The molecule has 0 aliphatic heterocycles. The number of methoxy groups -OCH3 is 1. The third-order valence-electron chi connectivity index (χ3n) is 1.76. The zero-order valence-corrected chi connectivity index (χ0v) is 8.36. The highest BCUT2D eigenvalue weighted by Gasteiger charge is 2.01. The maximum Gasteiger partial charge on any atom is 0.123 e. The molecule has 0 heterocycles. The van der Waals surface area contributed by atoms with Gasteiger partial charge in [-0.15, -0.1) is 0 Å². The predicted molar refractivity (Wildman–Crippen MR) is 53.3 cm³/mol. The average molecular weight is 191 g/mol. The first-order valence-corrected chi connectivity index (χ1v) is 4.42. The van der Waals surface area contributed by atoms with Crippen LogP contribution in [-0.2, 0) is 0 Å².